The van der Waals surface area contributed by atoms with Crippen molar-refractivity contribution in [1.82, 2.24) is 0 Å². The van der Waals surface area contributed by atoms with E-state index < -0.39 is 0 Å². The first kappa shape index (κ1) is 15.1. The van der Waals surface area contributed by atoms with Crippen LogP contribution in [-0.4, -0.2) is 5.91 Å². The molecular weight excluding hydrogens is 260 g/mol. The van der Waals surface area contributed by atoms with E-state index in [0.717, 1.165) is 17.1 Å². The number of rotatable bonds is 3. The van der Waals surface area contributed by atoms with Crippen LogP contribution in [0.1, 0.15) is 33.3 Å². The maximum atomic E-state index is 11.0. The molecule has 0 saturated heterocycles. The molecular formula is C18H22N2O. The van der Waals surface area contributed by atoms with Crippen LogP contribution >= 0.6 is 0 Å². The van der Waals surface area contributed by atoms with Crippen molar-refractivity contribution < 1.29 is 4.79 Å². The molecule has 0 aliphatic rings. The number of anilines is 3. The fourth-order valence-corrected chi connectivity index (χ4v) is 2.24. The Morgan fingerprint density at radius 3 is 2.05 bits per heavy atom. The molecule has 0 fully saturated rings. The highest BCUT2D eigenvalue weighted by atomic mass is 16.1. The van der Waals surface area contributed by atoms with Crippen LogP contribution in [0.15, 0.2) is 48.5 Å². The minimum Gasteiger partial charge on any atom is -0.355 e. The maximum absolute atomic E-state index is 11.0. The van der Waals surface area contributed by atoms with Gasteiger partial charge < -0.3 is 10.6 Å². The fraction of sp³-hybridized carbons (Fsp3) is 0.278. The molecule has 2 rings (SSSR count). The molecule has 0 unspecified atom stereocenters. The second kappa shape index (κ2) is 6.00. The third-order valence-electron chi connectivity index (χ3n) is 3.22. The largest absolute Gasteiger partial charge is 0.355 e. The Labute approximate surface area is 126 Å². The Morgan fingerprint density at radius 2 is 1.48 bits per heavy atom. The first-order chi connectivity index (χ1) is 9.86. The van der Waals surface area contributed by atoms with E-state index >= 15 is 0 Å². The third kappa shape index (κ3) is 4.09. The topological polar surface area (TPSA) is 41.1 Å². The Balaban J connectivity index is 2.21. The summed E-state index contributed by atoms with van der Waals surface area (Å²) in [5, 5.41) is 6.21. The zero-order chi connectivity index (χ0) is 15.5. The van der Waals surface area contributed by atoms with E-state index in [1.165, 1.54) is 12.5 Å². The Hall–Kier alpha value is -2.29. The first-order valence-electron chi connectivity index (χ1n) is 7.10. The van der Waals surface area contributed by atoms with E-state index in [4.69, 9.17) is 0 Å². The van der Waals surface area contributed by atoms with Crippen LogP contribution in [0, 0.1) is 0 Å². The van der Waals surface area contributed by atoms with Crippen LogP contribution < -0.4 is 10.6 Å². The van der Waals surface area contributed by atoms with Gasteiger partial charge in [-0.2, -0.15) is 0 Å². The minimum atomic E-state index is -0.0613. The summed E-state index contributed by atoms with van der Waals surface area (Å²) in [6.07, 6.45) is 0. The van der Waals surface area contributed by atoms with Gasteiger partial charge in [-0.15, -0.1) is 0 Å². The standard InChI is InChI=1S/C18H22N2O/c1-13(21)19-14-9-11-15(12-10-14)20-17-8-6-5-7-16(17)18(2,3)4/h5-12,20H,1-4H3,(H,19,21). The number of para-hydroxylation sites is 1. The van der Waals surface area contributed by atoms with Gasteiger partial charge in [0.25, 0.3) is 0 Å². The van der Waals surface area contributed by atoms with Gasteiger partial charge in [-0.1, -0.05) is 39.0 Å². The summed E-state index contributed by atoms with van der Waals surface area (Å²) >= 11 is 0. The average molecular weight is 282 g/mol. The molecule has 0 bridgehead atoms. The van der Waals surface area contributed by atoms with E-state index in [2.05, 4.69) is 49.6 Å². The number of hydrogen-bond donors (Lipinski definition) is 2. The SMILES string of the molecule is CC(=O)Nc1ccc(Nc2ccccc2C(C)(C)C)cc1. The van der Waals surface area contributed by atoms with Gasteiger partial charge in [0, 0.05) is 24.0 Å². The maximum Gasteiger partial charge on any atom is 0.221 e. The fourth-order valence-electron chi connectivity index (χ4n) is 2.24. The van der Waals surface area contributed by atoms with Gasteiger partial charge in [0.2, 0.25) is 5.91 Å². The van der Waals surface area contributed by atoms with E-state index in [1.54, 1.807) is 0 Å². The van der Waals surface area contributed by atoms with Crippen molar-refractivity contribution in [2.45, 2.75) is 33.1 Å². The molecule has 0 saturated carbocycles. The van der Waals surface area contributed by atoms with Crippen molar-refractivity contribution in [3.8, 4) is 0 Å². The van der Waals surface area contributed by atoms with Gasteiger partial charge in [-0.3, -0.25) is 4.79 Å². The van der Waals surface area contributed by atoms with Crippen molar-refractivity contribution in [2.75, 3.05) is 10.6 Å². The van der Waals surface area contributed by atoms with Crippen LogP contribution in [0.5, 0.6) is 0 Å². The lowest BCUT2D eigenvalue weighted by atomic mass is 9.86. The molecule has 2 aromatic carbocycles. The molecule has 0 aliphatic heterocycles. The number of carbonyl (C=O) groups excluding carboxylic acids is 1. The highest BCUT2D eigenvalue weighted by molar-refractivity contribution is 5.88. The van der Waals surface area contributed by atoms with Gasteiger partial charge >= 0.3 is 0 Å². The molecule has 0 spiro atoms. The zero-order valence-electron chi connectivity index (χ0n) is 13.0. The summed E-state index contributed by atoms with van der Waals surface area (Å²) in [4.78, 5) is 11.0. The van der Waals surface area contributed by atoms with Crippen molar-refractivity contribution in [3.63, 3.8) is 0 Å². The molecule has 1 amide bonds. The first-order valence-corrected chi connectivity index (χ1v) is 7.10. The molecule has 0 aromatic heterocycles. The number of amides is 1. The van der Waals surface area contributed by atoms with Gasteiger partial charge in [-0.05, 0) is 41.3 Å². The third-order valence-corrected chi connectivity index (χ3v) is 3.22. The summed E-state index contributed by atoms with van der Waals surface area (Å²) < 4.78 is 0. The lowest BCUT2D eigenvalue weighted by Crippen LogP contribution is -2.13. The Kier molecular flexibility index (Phi) is 4.32. The quantitative estimate of drug-likeness (QED) is 0.857. The molecule has 3 heteroatoms. The molecule has 21 heavy (non-hydrogen) atoms. The molecule has 0 heterocycles. The molecule has 2 N–H and O–H groups in total. The lowest BCUT2D eigenvalue weighted by molar-refractivity contribution is -0.114. The van der Waals surface area contributed by atoms with E-state index in [0.29, 0.717) is 0 Å². The smallest absolute Gasteiger partial charge is 0.221 e. The number of carbonyl (C=O) groups is 1. The summed E-state index contributed by atoms with van der Waals surface area (Å²) in [7, 11) is 0. The van der Waals surface area contributed by atoms with Crippen LogP contribution in [0.3, 0.4) is 0 Å². The van der Waals surface area contributed by atoms with Crippen LogP contribution in [0.4, 0.5) is 17.1 Å². The van der Waals surface area contributed by atoms with Crippen molar-refractivity contribution in [3.05, 3.63) is 54.1 Å². The van der Waals surface area contributed by atoms with E-state index in [1.807, 2.05) is 30.3 Å². The number of nitrogens with one attached hydrogen (secondary N) is 2. The van der Waals surface area contributed by atoms with Gasteiger partial charge in [0.05, 0.1) is 0 Å². The Bertz CT molecular complexity index is 624. The summed E-state index contributed by atoms with van der Waals surface area (Å²) in [6, 6.07) is 16.0. The van der Waals surface area contributed by atoms with Gasteiger partial charge in [0.1, 0.15) is 0 Å². The monoisotopic (exact) mass is 282 g/mol. The summed E-state index contributed by atoms with van der Waals surface area (Å²) in [5.74, 6) is -0.0613. The predicted octanol–water partition coefficient (Wildman–Crippen LogP) is 4.69. The summed E-state index contributed by atoms with van der Waals surface area (Å²) in [5.41, 5.74) is 4.27. The average Bonchev–Trinajstić information content (AvgIpc) is 2.40. The lowest BCUT2D eigenvalue weighted by Gasteiger charge is -2.23. The second-order valence-corrected chi connectivity index (χ2v) is 6.18. The predicted molar refractivity (Wildman–Crippen MR) is 89.2 cm³/mol. The van der Waals surface area contributed by atoms with Crippen LogP contribution in [0.2, 0.25) is 0 Å². The molecule has 3 nitrogen and oxygen atoms in total. The molecule has 0 aliphatic carbocycles. The number of hydrogen-bond acceptors (Lipinski definition) is 2. The molecule has 0 radical (unpaired) electrons. The zero-order valence-corrected chi connectivity index (χ0v) is 13.0. The normalized spacial score (nSPS) is 11.0. The van der Waals surface area contributed by atoms with Crippen molar-refractivity contribution in [1.29, 1.82) is 0 Å². The van der Waals surface area contributed by atoms with Crippen LogP contribution in [-0.2, 0) is 10.2 Å². The molecule has 2 aromatic rings. The highest BCUT2D eigenvalue weighted by Gasteiger charge is 2.17. The van der Waals surface area contributed by atoms with Crippen molar-refractivity contribution in [2.24, 2.45) is 0 Å². The van der Waals surface area contributed by atoms with E-state index in [9.17, 15) is 4.79 Å². The summed E-state index contributed by atoms with van der Waals surface area (Å²) in [6.45, 7) is 8.11. The van der Waals surface area contributed by atoms with Crippen LogP contribution in [0.25, 0.3) is 0 Å². The van der Waals surface area contributed by atoms with Crippen molar-refractivity contribution >= 4 is 23.0 Å². The molecule has 110 valence electrons. The minimum absolute atomic E-state index is 0.0613. The molecule has 0 atom stereocenters. The van der Waals surface area contributed by atoms with E-state index in [-0.39, 0.29) is 11.3 Å². The second-order valence-electron chi connectivity index (χ2n) is 6.18. The Morgan fingerprint density at radius 1 is 0.905 bits per heavy atom. The number of benzene rings is 2. The van der Waals surface area contributed by atoms with Gasteiger partial charge in [-0.25, -0.2) is 0 Å². The van der Waals surface area contributed by atoms with Gasteiger partial charge in [0.15, 0.2) is 0 Å². The highest BCUT2D eigenvalue weighted by Crippen LogP contribution is 2.31.